The molecule has 0 saturated heterocycles. The van der Waals surface area contributed by atoms with Crippen LogP contribution in [0.5, 0.6) is 0 Å². The van der Waals surface area contributed by atoms with Gasteiger partial charge < -0.3 is 9.47 Å². The largest absolute Gasteiger partial charge is 0.481 e. The number of rotatable bonds is 5. The molecule has 0 aliphatic heterocycles. The molecule has 0 atom stereocenters. The molecule has 0 saturated carbocycles. The fourth-order valence-corrected chi connectivity index (χ4v) is 0.912. The van der Waals surface area contributed by atoms with Gasteiger partial charge in [0.15, 0.2) is 5.90 Å². The zero-order valence-electron chi connectivity index (χ0n) is 11.0. The van der Waals surface area contributed by atoms with Crippen molar-refractivity contribution >= 4 is 11.8 Å². The van der Waals surface area contributed by atoms with E-state index in [2.05, 4.69) is 4.99 Å². The lowest BCUT2D eigenvalue weighted by Crippen LogP contribution is -2.21. The highest BCUT2D eigenvalue weighted by Gasteiger charge is 2.21. The molecular weight excluding hydrogens is 206 g/mol. The third-order valence-corrected chi connectivity index (χ3v) is 1.84. The van der Waals surface area contributed by atoms with Gasteiger partial charge in [-0.15, -0.1) is 0 Å². The Labute approximate surface area is 98.0 Å². The minimum Gasteiger partial charge on any atom is -0.481 e. The molecule has 4 heteroatoms. The lowest BCUT2D eigenvalue weighted by atomic mass is 9.96. The first-order valence-corrected chi connectivity index (χ1v) is 5.74. The monoisotopic (exact) mass is 229 g/mol. The molecule has 0 rings (SSSR count). The molecule has 0 bridgehead atoms. The van der Waals surface area contributed by atoms with Crippen LogP contribution in [0, 0.1) is 5.41 Å². The molecule has 0 aromatic heterocycles. The third-order valence-electron chi connectivity index (χ3n) is 1.84. The Balaban J connectivity index is 4.39. The first kappa shape index (κ1) is 15.1. The van der Waals surface area contributed by atoms with Crippen LogP contribution < -0.4 is 0 Å². The van der Waals surface area contributed by atoms with Crippen molar-refractivity contribution in [1.82, 2.24) is 0 Å². The van der Waals surface area contributed by atoms with Crippen molar-refractivity contribution < 1.29 is 14.3 Å². The second-order valence-corrected chi connectivity index (χ2v) is 4.44. The Bertz CT molecular complexity index is 241. The zero-order valence-corrected chi connectivity index (χ0v) is 11.0. The Morgan fingerprint density at radius 1 is 1.19 bits per heavy atom. The summed E-state index contributed by atoms with van der Waals surface area (Å²) in [7, 11) is 0. The van der Waals surface area contributed by atoms with E-state index in [1.807, 2.05) is 34.6 Å². The van der Waals surface area contributed by atoms with Gasteiger partial charge in [0.1, 0.15) is 0 Å². The van der Waals surface area contributed by atoms with Gasteiger partial charge in [-0.1, -0.05) is 20.8 Å². The topological polar surface area (TPSA) is 47.9 Å². The molecule has 0 aliphatic carbocycles. The van der Waals surface area contributed by atoms with Crippen molar-refractivity contribution in [3.8, 4) is 0 Å². The molecule has 0 aromatic rings. The number of carbonyl (C=O) groups excluding carboxylic acids is 1. The number of ether oxygens (including phenoxy) is 2. The molecule has 4 nitrogen and oxygen atoms in total. The summed E-state index contributed by atoms with van der Waals surface area (Å²) >= 11 is 0. The highest BCUT2D eigenvalue weighted by Crippen LogP contribution is 2.15. The average Bonchev–Trinajstić information content (AvgIpc) is 2.16. The van der Waals surface area contributed by atoms with Crippen LogP contribution in [0.15, 0.2) is 4.99 Å². The van der Waals surface area contributed by atoms with Crippen molar-refractivity contribution in [1.29, 1.82) is 0 Å². The molecule has 16 heavy (non-hydrogen) atoms. The first-order chi connectivity index (χ1) is 7.41. The fourth-order valence-electron chi connectivity index (χ4n) is 0.912. The minimum absolute atomic E-state index is 0.160. The Morgan fingerprint density at radius 2 is 1.81 bits per heavy atom. The van der Waals surface area contributed by atoms with Gasteiger partial charge in [-0.3, -0.25) is 4.79 Å². The van der Waals surface area contributed by atoms with Crippen LogP contribution in [0.2, 0.25) is 0 Å². The van der Waals surface area contributed by atoms with E-state index in [0.717, 1.165) is 0 Å². The molecule has 1 amide bonds. The molecule has 0 N–H and O–H groups in total. The summed E-state index contributed by atoms with van der Waals surface area (Å²) in [4.78, 5) is 15.7. The van der Waals surface area contributed by atoms with Gasteiger partial charge in [-0.05, 0) is 13.8 Å². The summed E-state index contributed by atoms with van der Waals surface area (Å²) in [6, 6.07) is 0. The lowest BCUT2D eigenvalue weighted by Gasteiger charge is -2.14. The second kappa shape index (κ2) is 7.39. The van der Waals surface area contributed by atoms with Crippen LogP contribution in [0.25, 0.3) is 0 Å². The van der Waals surface area contributed by atoms with Crippen LogP contribution in [-0.2, 0) is 14.3 Å². The van der Waals surface area contributed by atoms with Crippen LogP contribution in [0.4, 0.5) is 0 Å². The minimum atomic E-state index is -0.464. The van der Waals surface area contributed by atoms with E-state index >= 15 is 0 Å². The predicted octanol–water partition coefficient (Wildman–Crippen LogP) is 2.42. The van der Waals surface area contributed by atoms with Gasteiger partial charge in [0, 0.05) is 18.4 Å². The van der Waals surface area contributed by atoms with E-state index in [1.165, 1.54) is 0 Å². The third kappa shape index (κ3) is 6.56. The van der Waals surface area contributed by atoms with E-state index in [-0.39, 0.29) is 5.91 Å². The maximum absolute atomic E-state index is 11.7. The smallest absolute Gasteiger partial charge is 0.254 e. The van der Waals surface area contributed by atoms with Gasteiger partial charge >= 0.3 is 0 Å². The number of hydrogen-bond donors (Lipinski definition) is 0. The number of amides is 1. The quantitative estimate of drug-likeness (QED) is 0.413. The highest BCUT2D eigenvalue weighted by molar-refractivity contribution is 5.93. The van der Waals surface area contributed by atoms with Gasteiger partial charge in [0.25, 0.3) is 5.91 Å². The highest BCUT2D eigenvalue weighted by atomic mass is 16.5. The summed E-state index contributed by atoms with van der Waals surface area (Å²) < 4.78 is 10.5. The Kier molecular flexibility index (Phi) is 6.97. The van der Waals surface area contributed by atoms with E-state index in [1.54, 1.807) is 0 Å². The first-order valence-electron chi connectivity index (χ1n) is 5.74. The van der Waals surface area contributed by atoms with Gasteiger partial charge in [-0.2, -0.15) is 4.99 Å². The molecule has 0 radical (unpaired) electrons. The van der Waals surface area contributed by atoms with Crippen LogP contribution in [-0.4, -0.2) is 31.6 Å². The van der Waals surface area contributed by atoms with Gasteiger partial charge in [-0.25, -0.2) is 0 Å². The van der Waals surface area contributed by atoms with Crippen molar-refractivity contribution in [3.63, 3.8) is 0 Å². The maximum atomic E-state index is 11.7. The van der Waals surface area contributed by atoms with Crippen molar-refractivity contribution in [3.05, 3.63) is 0 Å². The standard InChI is InChI=1S/C12H23NO3/c1-6-15-9-8-10(16-7-2)13-11(14)12(3,4)5/h6-9H2,1-5H3. The van der Waals surface area contributed by atoms with Crippen LogP contribution >= 0.6 is 0 Å². The van der Waals surface area contributed by atoms with Crippen molar-refractivity contribution in [2.24, 2.45) is 10.4 Å². The SMILES string of the molecule is CCOCCC(=NC(=O)C(C)(C)C)OCC. The second-order valence-electron chi connectivity index (χ2n) is 4.44. The van der Waals surface area contributed by atoms with E-state index in [9.17, 15) is 4.79 Å². The zero-order chi connectivity index (χ0) is 12.6. The molecule has 0 spiro atoms. The molecule has 0 aliphatic rings. The van der Waals surface area contributed by atoms with Gasteiger partial charge in [0.2, 0.25) is 0 Å². The molecular formula is C12H23NO3. The van der Waals surface area contributed by atoms with Crippen LogP contribution in [0.3, 0.4) is 0 Å². The van der Waals surface area contributed by atoms with Crippen molar-refractivity contribution in [2.75, 3.05) is 19.8 Å². The summed E-state index contributed by atoms with van der Waals surface area (Å²) in [5, 5.41) is 0. The number of hydrogen-bond acceptors (Lipinski definition) is 3. The normalized spacial score (nSPS) is 12.7. The summed E-state index contributed by atoms with van der Waals surface area (Å²) in [6.45, 7) is 11.0. The van der Waals surface area contributed by atoms with Crippen molar-refractivity contribution in [2.45, 2.75) is 41.0 Å². The lowest BCUT2D eigenvalue weighted by molar-refractivity contribution is -0.125. The summed E-state index contributed by atoms with van der Waals surface area (Å²) in [5.74, 6) is 0.309. The van der Waals surface area contributed by atoms with Crippen LogP contribution in [0.1, 0.15) is 41.0 Å². The van der Waals surface area contributed by atoms with E-state index in [4.69, 9.17) is 9.47 Å². The maximum Gasteiger partial charge on any atom is 0.254 e. The number of aliphatic imine (C=N–C) groups is 1. The predicted molar refractivity (Wildman–Crippen MR) is 64.6 cm³/mol. The number of nitrogens with zero attached hydrogens (tertiary/aromatic N) is 1. The Morgan fingerprint density at radius 3 is 2.25 bits per heavy atom. The van der Waals surface area contributed by atoms with Gasteiger partial charge in [0.05, 0.1) is 13.2 Å². The molecule has 94 valence electrons. The molecule has 0 heterocycles. The summed E-state index contributed by atoms with van der Waals surface area (Å²) in [5.41, 5.74) is -0.464. The fraction of sp³-hybridized carbons (Fsp3) is 0.833. The summed E-state index contributed by atoms with van der Waals surface area (Å²) in [6.07, 6.45) is 0.545. The molecule has 0 fully saturated rings. The van der Waals surface area contributed by atoms with E-state index < -0.39 is 5.41 Å². The Hall–Kier alpha value is -0.900. The average molecular weight is 229 g/mol. The number of carbonyl (C=O) groups is 1. The molecule has 0 aromatic carbocycles. The van der Waals surface area contributed by atoms with E-state index in [0.29, 0.717) is 32.1 Å². The molecule has 0 unspecified atom stereocenters.